The highest BCUT2D eigenvalue weighted by Crippen LogP contribution is 2.26. The van der Waals surface area contributed by atoms with E-state index in [1.54, 1.807) is 6.07 Å². The second kappa shape index (κ2) is 6.71. The van der Waals surface area contributed by atoms with Crippen molar-refractivity contribution in [3.05, 3.63) is 52.4 Å². The van der Waals surface area contributed by atoms with E-state index in [1.807, 2.05) is 37.1 Å². The van der Waals surface area contributed by atoms with E-state index in [1.165, 1.54) is 0 Å². The van der Waals surface area contributed by atoms with Gasteiger partial charge in [-0.15, -0.1) is 0 Å². The van der Waals surface area contributed by atoms with Crippen molar-refractivity contribution in [1.29, 1.82) is 0 Å². The van der Waals surface area contributed by atoms with Crippen LogP contribution in [-0.4, -0.2) is 40.5 Å². The molecule has 144 valence electrons. The Bertz CT molecular complexity index is 1170. The summed E-state index contributed by atoms with van der Waals surface area (Å²) in [7, 11) is 1.92. The van der Waals surface area contributed by atoms with Crippen molar-refractivity contribution in [2.24, 2.45) is 12.0 Å². The van der Waals surface area contributed by atoms with Crippen molar-refractivity contribution in [2.45, 2.75) is 25.8 Å². The summed E-state index contributed by atoms with van der Waals surface area (Å²) in [5.74, 6) is -0.209. The molecule has 5 rings (SSSR count). The van der Waals surface area contributed by atoms with Crippen molar-refractivity contribution in [1.82, 2.24) is 20.0 Å². The Morgan fingerprint density at radius 1 is 1.11 bits per heavy atom. The van der Waals surface area contributed by atoms with Gasteiger partial charge in [0.2, 0.25) is 0 Å². The molecule has 2 aliphatic rings. The molecule has 5 nitrogen and oxygen atoms in total. The van der Waals surface area contributed by atoms with Gasteiger partial charge in [-0.1, -0.05) is 0 Å². The van der Waals surface area contributed by atoms with Gasteiger partial charge in [-0.2, -0.15) is 5.10 Å². The number of halogens is 1. The predicted molar refractivity (Wildman–Crippen MR) is 109 cm³/mol. The number of piperidine rings is 1. The molecule has 3 aromatic rings. The zero-order valence-corrected chi connectivity index (χ0v) is 16.2. The van der Waals surface area contributed by atoms with E-state index in [4.69, 9.17) is 4.99 Å². The van der Waals surface area contributed by atoms with Crippen LogP contribution in [0.3, 0.4) is 0 Å². The van der Waals surface area contributed by atoms with E-state index in [2.05, 4.69) is 27.4 Å². The van der Waals surface area contributed by atoms with Crippen molar-refractivity contribution < 1.29 is 4.39 Å². The fourth-order valence-corrected chi connectivity index (χ4v) is 4.35. The second-order valence-corrected chi connectivity index (χ2v) is 7.85. The third-order valence-electron chi connectivity index (χ3n) is 5.83. The second-order valence-electron chi connectivity index (χ2n) is 7.85. The third kappa shape index (κ3) is 2.98. The maximum atomic E-state index is 15.0. The molecule has 0 aliphatic carbocycles. The number of aryl methyl sites for hydroxylation is 2. The Labute approximate surface area is 163 Å². The molecule has 2 aliphatic heterocycles. The number of benzene rings is 2. The van der Waals surface area contributed by atoms with Gasteiger partial charge >= 0.3 is 0 Å². The van der Waals surface area contributed by atoms with Gasteiger partial charge in [0, 0.05) is 30.9 Å². The normalized spacial score (nSPS) is 17.3. The van der Waals surface area contributed by atoms with Crippen LogP contribution in [-0.2, 0) is 7.05 Å². The number of nitrogens with one attached hydrogen (secondary N) is 1. The molecular formula is C22H24FN5. The monoisotopic (exact) mass is 377 g/mol. The summed E-state index contributed by atoms with van der Waals surface area (Å²) in [6, 6.07) is 8.22. The number of nitrogens with zero attached hydrogens (tertiary/aromatic N) is 4. The number of hydrogen-bond acceptors (Lipinski definition) is 4. The number of hydrogen-bond donors (Lipinski definition) is 1. The van der Waals surface area contributed by atoms with Crippen molar-refractivity contribution in [2.75, 3.05) is 19.8 Å². The molecule has 0 amide bonds. The molecule has 0 bridgehead atoms. The minimum absolute atomic E-state index is 0.209. The smallest absolute Gasteiger partial charge is 0.134 e. The van der Waals surface area contributed by atoms with E-state index in [0.717, 1.165) is 58.9 Å². The first-order valence-electron chi connectivity index (χ1n) is 9.85. The number of fused-ring (bicyclic) bond motifs is 2. The molecule has 0 atom stereocenters. The van der Waals surface area contributed by atoms with Crippen LogP contribution in [0.4, 0.5) is 4.39 Å². The third-order valence-corrected chi connectivity index (χ3v) is 5.83. The molecule has 28 heavy (non-hydrogen) atoms. The fraction of sp³-hybridized carbons (Fsp3) is 0.364. The minimum Gasteiger partial charge on any atom is -0.355 e. The number of aromatic nitrogens is 2. The van der Waals surface area contributed by atoms with Gasteiger partial charge in [-0.25, -0.2) is 4.39 Å². The molecule has 1 fully saturated rings. The van der Waals surface area contributed by atoms with Crippen molar-refractivity contribution in [3.8, 4) is 11.1 Å². The summed E-state index contributed by atoms with van der Waals surface area (Å²) in [6.07, 6.45) is 6.11. The lowest BCUT2D eigenvalue weighted by molar-refractivity contribution is 0.247. The molecule has 2 aromatic carbocycles. The molecule has 1 aromatic heterocycles. The fourth-order valence-electron chi connectivity index (χ4n) is 4.35. The van der Waals surface area contributed by atoms with E-state index in [-0.39, 0.29) is 5.82 Å². The summed E-state index contributed by atoms with van der Waals surface area (Å²) < 4.78 is 16.8. The average Bonchev–Trinajstić information content (AvgIpc) is 3.09. The SMILES string of the molecule is Cc1cc(-c2cc(F)c3c(c2)=NCN(C2CCNCC2)C=3)cc2cn(C)nc12. The zero-order chi connectivity index (χ0) is 19.3. The van der Waals surface area contributed by atoms with Gasteiger partial charge in [0.25, 0.3) is 0 Å². The highest BCUT2D eigenvalue weighted by Gasteiger charge is 2.20. The van der Waals surface area contributed by atoms with Crippen LogP contribution in [0.15, 0.2) is 35.5 Å². The lowest BCUT2D eigenvalue weighted by Gasteiger charge is -2.33. The minimum atomic E-state index is -0.209. The Kier molecular flexibility index (Phi) is 4.16. The van der Waals surface area contributed by atoms with Crippen LogP contribution in [0, 0.1) is 12.7 Å². The van der Waals surface area contributed by atoms with Gasteiger partial charge in [0.1, 0.15) is 12.5 Å². The quantitative estimate of drug-likeness (QED) is 0.744. The lowest BCUT2D eigenvalue weighted by Crippen LogP contribution is -2.46. The van der Waals surface area contributed by atoms with Crippen molar-refractivity contribution >= 4 is 17.1 Å². The maximum absolute atomic E-state index is 15.0. The molecular weight excluding hydrogens is 353 g/mol. The van der Waals surface area contributed by atoms with E-state index >= 15 is 4.39 Å². The highest BCUT2D eigenvalue weighted by atomic mass is 19.1. The van der Waals surface area contributed by atoms with Crippen molar-refractivity contribution in [3.63, 3.8) is 0 Å². The van der Waals surface area contributed by atoms with Crippen LogP contribution >= 0.6 is 0 Å². The Morgan fingerprint density at radius 2 is 1.89 bits per heavy atom. The van der Waals surface area contributed by atoms with Gasteiger partial charge in [0.05, 0.1) is 16.1 Å². The molecule has 3 heterocycles. The molecule has 0 radical (unpaired) electrons. The molecule has 0 unspecified atom stereocenters. The van der Waals surface area contributed by atoms with Gasteiger partial charge < -0.3 is 10.2 Å². The van der Waals surface area contributed by atoms with Crippen LogP contribution in [0.1, 0.15) is 18.4 Å². The van der Waals surface area contributed by atoms with Gasteiger partial charge in [-0.05, 0) is 73.8 Å². The Hall–Kier alpha value is -2.73. The topological polar surface area (TPSA) is 45.5 Å². The Balaban J connectivity index is 1.57. The molecule has 0 spiro atoms. The summed E-state index contributed by atoms with van der Waals surface area (Å²) in [4.78, 5) is 6.90. The summed E-state index contributed by atoms with van der Waals surface area (Å²) in [5, 5.41) is 10.3. The first kappa shape index (κ1) is 17.4. The predicted octanol–water partition coefficient (Wildman–Crippen LogP) is 2.07. The molecule has 1 saturated heterocycles. The summed E-state index contributed by atoms with van der Waals surface area (Å²) >= 11 is 0. The number of rotatable bonds is 2. The van der Waals surface area contributed by atoms with Crippen LogP contribution in [0.25, 0.3) is 28.2 Å². The molecule has 1 N–H and O–H groups in total. The Morgan fingerprint density at radius 3 is 2.71 bits per heavy atom. The first-order valence-corrected chi connectivity index (χ1v) is 9.85. The molecule has 6 heteroatoms. The van der Waals surface area contributed by atoms with Crippen LogP contribution in [0.5, 0.6) is 0 Å². The largest absolute Gasteiger partial charge is 0.355 e. The van der Waals surface area contributed by atoms with E-state index in [9.17, 15) is 0 Å². The maximum Gasteiger partial charge on any atom is 0.134 e. The summed E-state index contributed by atoms with van der Waals surface area (Å²) in [5.41, 5.74) is 3.93. The van der Waals surface area contributed by atoms with Crippen LogP contribution < -0.4 is 15.9 Å². The van der Waals surface area contributed by atoms with Gasteiger partial charge in [-0.3, -0.25) is 9.67 Å². The molecule has 0 saturated carbocycles. The van der Waals surface area contributed by atoms with Crippen LogP contribution in [0.2, 0.25) is 0 Å². The highest BCUT2D eigenvalue weighted by molar-refractivity contribution is 5.87. The summed E-state index contributed by atoms with van der Waals surface area (Å²) in [6.45, 7) is 4.67. The lowest BCUT2D eigenvalue weighted by atomic mass is 10.00. The van der Waals surface area contributed by atoms with E-state index in [0.29, 0.717) is 17.9 Å². The standard InChI is InChI=1S/C22H24FN5/c1-14-7-15(8-17-11-27(2)26-22(14)17)16-9-20(23)19-12-28(13-25-21(19)10-16)18-3-5-24-6-4-18/h7-12,18,24H,3-6,13H2,1-2H3. The van der Waals surface area contributed by atoms with Gasteiger partial charge in [0.15, 0.2) is 0 Å². The van der Waals surface area contributed by atoms with E-state index < -0.39 is 0 Å². The first-order chi connectivity index (χ1) is 13.6. The average molecular weight is 377 g/mol. The zero-order valence-electron chi connectivity index (χ0n) is 16.2.